The third kappa shape index (κ3) is 3.14. The molecule has 1 aromatic carbocycles. The first-order valence-corrected chi connectivity index (χ1v) is 8.37. The summed E-state index contributed by atoms with van der Waals surface area (Å²) in [5.41, 5.74) is 3.33. The summed E-state index contributed by atoms with van der Waals surface area (Å²) in [6, 6.07) is 13.9. The molecule has 6 nitrogen and oxygen atoms in total. The smallest absolute Gasteiger partial charge is 0.169 e. The van der Waals surface area contributed by atoms with Gasteiger partial charge in [-0.2, -0.15) is 9.94 Å². The number of aromatic nitrogens is 5. The Balaban J connectivity index is 1.94. The molecule has 0 aliphatic rings. The molecule has 0 saturated heterocycles. The number of thioether (sulfide) groups is 1. The molecule has 7 heteroatoms. The van der Waals surface area contributed by atoms with E-state index in [-0.39, 0.29) is 5.25 Å². The lowest BCUT2D eigenvalue weighted by atomic mass is 10.1. The van der Waals surface area contributed by atoms with E-state index in [1.54, 1.807) is 4.68 Å². The molecule has 3 rings (SSSR count). The zero-order chi connectivity index (χ0) is 17.1. The number of aryl methyl sites for hydroxylation is 2. The van der Waals surface area contributed by atoms with Crippen molar-refractivity contribution >= 4 is 11.8 Å². The molecule has 1 unspecified atom stereocenters. The van der Waals surface area contributed by atoms with Crippen molar-refractivity contribution in [2.24, 2.45) is 0 Å². The Morgan fingerprint density at radius 2 is 1.96 bits per heavy atom. The molecule has 24 heavy (non-hydrogen) atoms. The van der Waals surface area contributed by atoms with Crippen molar-refractivity contribution in [2.75, 3.05) is 0 Å². The maximum Gasteiger partial charge on any atom is 0.169 e. The summed E-state index contributed by atoms with van der Waals surface area (Å²) in [5, 5.41) is 22.1. The van der Waals surface area contributed by atoms with Crippen molar-refractivity contribution in [3.63, 3.8) is 0 Å². The lowest BCUT2D eigenvalue weighted by molar-refractivity contribution is 0.762. The number of benzene rings is 1. The maximum atomic E-state index is 9.42. The molecule has 3 aromatic rings. The molecule has 0 N–H and O–H groups in total. The van der Waals surface area contributed by atoms with E-state index in [1.165, 1.54) is 11.8 Å². The number of hydrogen-bond donors (Lipinski definition) is 0. The number of tetrazole rings is 1. The standard InChI is InChI=1S/C17H16N6S/c1-11-9-12(2)19-17(15(11)10-18)24-13(3)16-20-21-22-23(16)14-7-5-4-6-8-14/h4-9,13H,1-3H3. The Hall–Kier alpha value is -2.72. The second kappa shape index (κ2) is 6.81. The van der Waals surface area contributed by atoms with E-state index >= 15 is 0 Å². The monoisotopic (exact) mass is 336 g/mol. The first-order valence-electron chi connectivity index (χ1n) is 7.49. The average Bonchev–Trinajstić information content (AvgIpc) is 3.05. The molecule has 0 aliphatic heterocycles. The SMILES string of the molecule is Cc1cc(C)c(C#N)c(SC(C)c2nnnn2-c2ccccc2)n1. The van der Waals surface area contributed by atoms with Gasteiger partial charge in [-0.1, -0.05) is 30.0 Å². The molecule has 0 saturated carbocycles. The van der Waals surface area contributed by atoms with Crippen LogP contribution in [0.25, 0.3) is 5.69 Å². The van der Waals surface area contributed by atoms with Crippen molar-refractivity contribution in [2.45, 2.75) is 31.0 Å². The van der Waals surface area contributed by atoms with Gasteiger partial charge in [-0.25, -0.2) is 4.98 Å². The number of nitriles is 1. The zero-order valence-corrected chi connectivity index (χ0v) is 14.4. The van der Waals surface area contributed by atoms with Crippen molar-refractivity contribution in [3.05, 3.63) is 59.0 Å². The van der Waals surface area contributed by atoms with Crippen LogP contribution in [0.4, 0.5) is 0 Å². The highest BCUT2D eigenvalue weighted by atomic mass is 32.2. The molecular formula is C17H16N6S. The molecule has 2 aromatic heterocycles. The second-order valence-electron chi connectivity index (χ2n) is 5.42. The van der Waals surface area contributed by atoms with Gasteiger partial charge in [-0.05, 0) is 55.0 Å². The van der Waals surface area contributed by atoms with E-state index in [9.17, 15) is 5.26 Å². The summed E-state index contributed by atoms with van der Waals surface area (Å²) in [7, 11) is 0. The minimum Gasteiger partial charge on any atom is -0.245 e. The van der Waals surface area contributed by atoms with Crippen LogP contribution in [-0.4, -0.2) is 25.2 Å². The minimum absolute atomic E-state index is 0.0546. The van der Waals surface area contributed by atoms with Crippen LogP contribution in [0.15, 0.2) is 41.4 Å². The van der Waals surface area contributed by atoms with Crippen molar-refractivity contribution < 1.29 is 0 Å². The van der Waals surface area contributed by atoms with E-state index in [0.29, 0.717) is 10.6 Å². The molecule has 0 bridgehead atoms. The van der Waals surface area contributed by atoms with Gasteiger partial charge < -0.3 is 0 Å². The van der Waals surface area contributed by atoms with Crippen molar-refractivity contribution in [3.8, 4) is 11.8 Å². The van der Waals surface area contributed by atoms with Crippen LogP contribution >= 0.6 is 11.8 Å². The molecular weight excluding hydrogens is 320 g/mol. The highest BCUT2D eigenvalue weighted by Gasteiger charge is 2.20. The highest BCUT2D eigenvalue weighted by molar-refractivity contribution is 7.99. The topological polar surface area (TPSA) is 80.3 Å². The first-order chi connectivity index (χ1) is 11.6. The van der Waals surface area contributed by atoms with E-state index in [4.69, 9.17) is 0 Å². The lowest BCUT2D eigenvalue weighted by Gasteiger charge is -2.13. The van der Waals surface area contributed by atoms with Gasteiger partial charge in [0.25, 0.3) is 0 Å². The third-order valence-corrected chi connectivity index (χ3v) is 4.65. The van der Waals surface area contributed by atoms with E-state index in [0.717, 1.165) is 22.8 Å². The fourth-order valence-electron chi connectivity index (χ4n) is 2.44. The lowest BCUT2D eigenvalue weighted by Crippen LogP contribution is -2.05. The van der Waals surface area contributed by atoms with Crippen LogP contribution in [0.3, 0.4) is 0 Å². The van der Waals surface area contributed by atoms with Crippen LogP contribution < -0.4 is 0 Å². The van der Waals surface area contributed by atoms with Gasteiger partial charge in [0.05, 0.1) is 16.5 Å². The van der Waals surface area contributed by atoms with Gasteiger partial charge in [0, 0.05) is 5.69 Å². The van der Waals surface area contributed by atoms with Gasteiger partial charge in [0.1, 0.15) is 11.1 Å². The quantitative estimate of drug-likeness (QED) is 0.679. The summed E-state index contributed by atoms with van der Waals surface area (Å²) >= 11 is 1.49. The number of para-hydroxylation sites is 1. The Kier molecular flexibility index (Phi) is 4.58. The van der Waals surface area contributed by atoms with Crippen LogP contribution in [0, 0.1) is 25.2 Å². The van der Waals surface area contributed by atoms with Crippen molar-refractivity contribution in [1.29, 1.82) is 5.26 Å². The van der Waals surface area contributed by atoms with Gasteiger partial charge in [0.2, 0.25) is 0 Å². The van der Waals surface area contributed by atoms with Gasteiger partial charge in [-0.15, -0.1) is 5.10 Å². The van der Waals surface area contributed by atoms with Gasteiger partial charge in [0.15, 0.2) is 5.82 Å². The fourth-order valence-corrected chi connectivity index (χ4v) is 3.55. The predicted molar refractivity (Wildman–Crippen MR) is 91.9 cm³/mol. The molecule has 0 fully saturated rings. The van der Waals surface area contributed by atoms with Crippen LogP contribution in [-0.2, 0) is 0 Å². The van der Waals surface area contributed by atoms with E-state index < -0.39 is 0 Å². The Morgan fingerprint density at radius 3 is 2.67 bits per heavy atom. The number of pyridine rings is 1. The molecule has 2 heterocycles. The van der Waals surface area contributed by atoms with E-state index in [2.05, 4.69) is 26.6 Å². The normalized spacial score (nSPS) is 11.9. The summed E-state index contributed by atoms with van der Waals surface area (Å²) in [6.45, 7) is 5.86. The number of rotatable bonds is 4. The maximum absolute atomic E-state index is 9.42. The Labute approximate surface area is 144 Å². The predicted octanol–water partition coefficient (Wildman–Crippen LogP) is 3.40. The highest BCUT2D eigenvalue weighted by Crippen LogP contribution is 2.35. The Morgan fingerprint density at radius 1 is 1.21 bits per heavy atom. The first kappa shape index (κ1) is 16.1. The molecule has 1 atom stereocenters. The largest absolute Gasteiger partial charge is 0.245 e. The average molecular weight is 336 g/mol. The zero-order valence-electron chi connectivity index (χ0n) is 13.6. The van der Waals surface area contributed by atoms with Crippen LogP contribution in [0.2, 0.25) is 0 Å². The minimum atomic E-state index is -0.0546. The Bertz CT molecular complexity index is 897. The molecule has 0 spiro atoms. The molecule has 120 valence electrons. The summed E-state index contributed by atoms with van der Waals surface area (Å²) in [6.07, 6.45) is 0. The van der Waals surface area contributed by atoms with Crippen LogP contribution in [0.1, 0.15) is 34.8 Å². The van der Waals surface area contributed by atoms with Gasteiger partial charge in [-0.3, -0.25) is 0 Å². The summed E-state index contributed by atoms with van der Waals surface area (Å²) in [5.74, 6) is 0.719. The van der Waals surface area contributed by atoms with Crippen molar-refractivity contribution in [1.82, 2.24) is 25.2 Å². The summed E-state index contributed by atoms with van der Waals surface area (Å²) < 4.78 is 1.71. The number of nitrogens with zero attached hydrogens (tertiary/aromatic N) is 6. The second-order valence-corrected chi connectivity index (χ2v) is 6.75. The van der Waals surface area contributed by atoms with E-state index in [1.807, 2.05) is 57.2 Å². The molecule has 0 amide bonds. The molecule has 0 aliphatic carbocycles. The number of hydrogen-bond acceptors (Lipinski definition) is 6. The molecule has 0 radical (unpaired) electrons. The third-order valence-electron chi connectivity index (χ3n) is 3.57. The van der Waals surface area contributed by atoms with Gasteiger partial charge >= 0.3 is 0 Å². The summed E-state index contributed by atoms with van der Waals surface area (Å²) in [4.78, 5) is 4.52. The fraction of sp³-hybridized carbons (Fsp3) is 0.235. The van der Waals surface area contributed by atoms with Crippen LogP contribution in [0.5, 0.6) is 0 Å².